The van der Waals surface area contributed by atoms with Crippen molar-refractivity contribution in [3.8, 4) is 0 Å². The maximum absolute atomic E-state index is 11.9. The maximum atomic E-state index is 11.9. The number of hydrogen-bond acceptors (Lipinski definition) is 6. The molecule has 0 unspecified atom stereocenters. The molecule has 0 saturated heterocycles. The molecule has 2 aromatic rings. The first kappa shape index (κ1) is 15.5. The van der Waals surface area contributed by atoms with E-state index >= 15 is 0 Å². The minimum absolute atomic E-state index is 0.198. The van der Waals surface area contributed by atoms with Gasteiger partial charge in [-0.2, -0.15) is 0 Å². The largest absolute Gasteiger partial charge is 0.465 e. The molecule has 0 radical (unpaired) electrons. The standard InChI is InChI=1S/C15H18ClN3O2S/c1-8-10-12(17-9-6-4-3-5-7-9)18-15(16)19-13(10)22-11(8)14(20)21-2/h9H,3-7H2,1-2H3,(H,17,18,19). The quantitative estimate of drug-likeness (QED) is 0.671. The Morgan fingerprint density at radius 1 is 1.32 bits per heavy atom. The molecule has 0 spiro atoms. The summed E-state index contributed by atoms with van der Waals surface area (Å²) in [5.41, 5.74) is 0.849. The lowest BCUT2D eigenvalue weighted by atomic mass is 9.95. The van der Waals surface area contributed by atoms with Crippen molar-refractivity contribution in [3.63, 3.8) is 0 Å². The molecule has 0 aliphatic heterocycles. The van der Waals surface area contributed by atoms with Gasteiger partial charge in [0.05, 0.1) is 12.5 Å². The third-order valence-electron chi connectivity index (χ3n) is 4.08. The summed E-state index contributed by atoms with van der Waals surface area (Å²) >= 11 is 7.34. The minimum Gasteiger partial charge on any atom is -0.465 e. The average molecular weight is 340 g/mol. The monoisotopic (exact) mass is 339 g/mol. The number of thiophene rings is 1. The van der Waals surface area contributed by atoms with E-state index in [0.29, 0.717) is 10.9 Å². The number of anilines is 1. The van der Waals surface area contributed by atoms with E-state index in [1.807, 2.05) is 6.92 Å². The summed E-state index contributed by atoms with van der Waals surface area (Å²) in [6.45, 7) is 1.90. The lowest BCUT2D eigenvalue weighted by molar-refractivity contribution is 0.0605. The Balaban J connectivity index is 2.04. The Hall–Kier alpha value is -1.40. The Bertz CT molecular complexity index is 710. The summed E-state index contributed by atoms with van der Waals surface area (Å²) < 4.78 is 4.84. The zero-order valence-electron chi connectivity index (χ0n) is 12.6. The van der Waals surface area contributed by atoms with Crippen molar-refractivity contribution in [1.29, 1.82) is 0 Å². The van der Waals surface area contributed by atoms with Gasteiger partial charge in [-0.1, -0.05) is 19.3 Å². The number of carbonyl (C=O) groups excluding carboxylic acids is 1. The number of hydrogen-bond donors (Lipinski definition) is 1. The molecule has 2 heterocycles. The van der Waals surface area contributed by atoms with Gasteiger partial charge in [0.15, 0.2) is 0 Å². The SMILES string of the molecule is COC(=O)c1sc2nc(Cl)nc(NC3CCCCC3)c2c1C. The van der Waals surface area contributed by atoms with Crippen LogP contribution >= 0.6 is 22.9 Å². The van der Waals surface area contributed by atoms with Crippen molar-refractivity contribution in [2.24, 2.45) is 0 Å². The molecule has 22 heavy (non-hydrogen) atoms. The van der Waals surface area contributed by atoms with E-state index in [-0.39, 0.29) is 11.3 Å². The van der Waals surface area contributed by atoms with Crippen LogP contribution in [0.25, 0.3) is 10.2 Å². The first-order chi connectivity index (χ1) is 10.6. The second kappa shape index (κ2) is 6.38. The number of ether oxygens (including phenoxy) is 1. The van der Waals surface area contributed by atoms with Gasteiger partial charge in [-0.3, -0.25) is 0 Å². The second-order valence-electron chi connectivity index (χ2n) is 5.55. The summed E-state index contributed by atoms with van der Waals surface area (Å²) in [7, 11) is 1.38. The fourth-order valence-electron chi connectivity index (χ4n) is 2.94. The van der Waals surface area contributed by atoms with Crippen LogP contribution in [0.5, 0.6) is 0 Å². The number of nitrogens with zero attached hydrogens (tertiary/aromatic N) is 2. The van der Waals surface area contributed by atoms with E-state index in [1.54, 1.807) is 0 Å². The van der Waals surface area contributed by atoms with Gasteiger partial charge in [0.1, 0.15) is 15.5 Å². The second-order valence-corrected chi connectivity index (χ2v) is 6.89. The van der Waals surface area contributed by atoms with Crippen molar-refractivity contribution in [3.05, 3.63) is 15.7 Å². The van der Waals surface area contributed by atoms with Gasteiger partial charge in [0.25, 0.3) is 0 Å². The molecule has 0 amide bonds. The topological polar surface area (TPSA) is 64.1 Å². The lowest BCUT2D eigenvalue weighted by Crippen LogP contribution is -2.23. The number of nitrogens with one attached hydrogen (secondary N) is 1. The van der Waals surface area contributed by atoms with Crippen LogP contribution in [0.3, 0.4) is 0 Å². The van der Waals surface area contributed by atoms with Gasteiger partial charge in [-0.05, 0) is 36.9 Å². The van der Waals surface area contributed by atoms with Gasteiger partial charge in [-0.25, -0.2) is 14.8 Å². The molecular weight excluding hydrogens is 322 g/mol. The number of methoxy groups -OCH3 is 1. The van der Waals surface area contributed by atoms with E-state index in [1.165, 1.54) is 37.7 Å². The molecule has 3 rings (SSSR count). The minimum atomic E-state index is -0.347. The highest BCUT2D eigenvalue weighted by Crippen LogP contribution is 2.36. The maximum Gasteiger partial charge on any atom is 0.348 e. The van der Waals surface area contributed by atoms with Crippen LogP contribution in [0.1, 0.15) is 47.3 Å². The molecule has 7 heteroatoms. The molecule has 1 saturated carbocycles. The normalized spacial score (nSPS) is 16.0. The van der Waals surface area contributed by atoms with Gasteiger partial charge in [0, 0.05) is 6.04 Å². The van der Waals surface area contributed by atoms with Crippen LogP contribution in [0.4, 0.5) is 5.82 Å². The molecular formula is C15H18ClN3O2S. The summed E-state index contributed by atoms with van der Waals surface area (Å²) in [5.74, 6) is 0.381. The highest BCUT2D eigenvalue weighted by atomic mass is 35.5. The Kier molecular flexibility index (Phi) is 4.49. The Morgan fingerprint density at radius 3 is 2.73 bits per heavy atom. The van der Waals surface area contributed by atoms with Crippen molar-refractivity contribution in [2.75, 3.05) is 12.4 Å². The molecule has 1 fully saturated rings. The van der Waals surface area contributed by atoms with Crippen LogP contribution in [-0.4, -0.2) is 29.1 Å². The van der Waals surface area contributed by atoms with E-state index in [0.717, 1.165) is 34.4 Å². The molecule has 2 aromatic heterocycles. The van der Waals surface area contributed by atoms with Gasteiger partial charge < -0.3 is 10.1 Å². The van der Waals surface area contributed by atoms with Gasteiger partial charge in [0.2, 0.25) is 5.28 Å². The van der Waals surface area contributed by atoms with Crippen molar-refractivity contribution < 1.29 is 9.53 Å². The fraction of sp³-hybridized carbons (Fsp3) is 0.533. The number of rotatable bonds is 3. The Labute approximate surface area is 138 Å². The zero-order valence-corrected chi connectivity index (χ0v) is 14.2. The summed E-state index contributed by atoms with van der Waals surface area (Å²) in [6, 6.07) is 0.406. The third-order valence-corrected chi connectivity index (χ3v) is 5.41. The highest BCUT2D eigenvalue weighted by molar-refractivity contribution is 7.20. The molecule has 1 aliphatic rings. The van der Waals surface area contributed by atoms with E-state index in [4.69, 9.17) is 16.3 Å². The van der Waals surface area contributed by atoms with Crippen LogP contribution in [0.2, 0.25) is 5.28 Å². The number of carbonyl (C=O) groups is 1. The van der Waals surface area contributed by atoms with Crippen LogP contribution in [0, 0.1) is 6.92 Å². The van der Waals surface area contributed by atoms with Crippen LogP contribution in [0.15, 0.2) is 0 Å². The molecule has 1 N–H and O–H groups in total. The van der Waals surface area contributed by atoms with Crippen LogP contribution < -0.4 is 5.32 Å². The van der Waals surface area contributed by atoms with Crippen molar-refractivity contribution in [2.45, 2.75) is 45.1 Å². The lowest BCUT2D eigenvalue weighted by Gasteiger charge is -2.23. The van der Waals surface area contributed by atoms with Crippen molar-refractivity contribution in [1.82, 2.24) is 9.97 Å². The Morgan fingerprint density at radius 2 is 2.05 bits per heavy atom. The van der Waals surface area contributed by atoms with Gasteiger partial charge >= 0.3 is 5.97 Å². The third kappa shape index (κ3) is 2.90. The molecule has 0 bridgehead atoms. The number of fused-ring (bicyclic) bond motifs is 1. The smallest absolute Gasteiger partial charge is 0.348 e. The molecule has 5 nitrogen and oxygen atoms in total. The molecule has 118 valence electrons. The predicted octanol–water partition coefficient (Wildman–Crippen LogP) is 4.18. The summed E-state index contributed by atoms with van der Waals surface area (Å²) in [5, 5.41) is 4.57. The average Bonchev–Trinajstić information content (AvgIpc) is 2.84. The highest BCUT2D eigenvalue weighted by Gasteiger charge is 2.22. The van der Waals surface area contributed by atoms with Crippen LogP contribution in [-0.2, 0) is 4.74 Å². The van der Waals surface area contributed by atoms with E-state index < -0.39 is 0 Å². The zero-order chi connectivity index (χ0) is 15.7. The number of aromatic nitrogens is 2. The summed E-state index contributed by atoms with van der Waals surface area (Å²) in [4.78, 5) is 21.8. The molecule has 0 atom stereocenters. The predicted molar refractivity (Wildman–Crippen MR) is 89.0 cm³/mol. The van der Waals surface area contributed by atoms with E-state index in [9.17, 15) is 4.79 Å². The molecule has 0 aromatic carbocycles. The van der Waals surface area contributed by atoms with Crippen molar-refractivity contribution >= 4 is 44.9 Å². The molecule has 1 aliphatic carbocycles. The number of halogens is 1. The van der Waals surface area contributed by atoms with E-state index in [2.05, 4.69) is 15.3 Å². The summed E-state index contributed by atoms with van der Waals surface area (Å²) in [6.07, 6.45) is 6.03. The first-order valence-corrected chi connectivity index (χ1v) is 8.61. The van der Waals surface area contributed by atoms with Gasteiger partial charge in [-0.15, -0.1) is 11.3 Å². The number of esters is 1. The fourth-order valence-corrected chi connectivity index (χ4v) is 4.26. The first-order valence-electron chi connectivity index (χ1n) is 7.41. The number of aryl methyl sites for hydroxylation is 1.